The average Bonchev–Trinajstić information content (AvgIpc) is 2.41. The lowest BCUT2D eigenvalue weighted by molar-refractivity contribution is 0.276. The molecule has 0 aliphatic rings. The van der Waals surface area contributed by atoms with Gasteiger partial charge in [-0.15, -0.1) is 0 Å². The predicted octanol–water partition coefficient (Wildman–Crippen LogP) is 3.74. The van der Waals surface area contributed by atoms with E-state index in [-0.39, 0.29) is 17.9 Å². The first kappa shape index (κ1) is 13.5. The Balaban J connectivity index is 2.42. The van der Waals surface area contributed by atoms with Gasteiger partial charge >= 0.3 is 0 Å². The normalized spacial score (nSPS) is 10.0. The lowest BCUT2D eigenvalue weighted by atomic mass is 10.2. The van der Waals surface area contributed by atoms with Gasteiger partial charge < -0.3 is 9.84 Å². The van der Waals surface area contributed by atoms with Gasteiger partial charge in [0.1, 0.15) is 28.9 Å². The van der Waals surface area contributed by atoms with Gasteiger partial charge in [-0.25, -0.2) is 4.39 Å². The summed E-state index contributed by atoms with van der Waals surface area (Å²) in [6.45, 7) is -0.216. The first-order chi connectivity index (χ1) is 9.15. The Hall–Kier alpha value is -1.90. The van der Waals surface area contributed by atoms with Gasteiger partial charge in [-0.2, -0.15) is 5.26 Å². The Morgan fingerprint density at radius 3 is 2.74 bits per heavy atom. The van der Waals surface area contributed by atoms with E-state index in [1.807, 2.05) is 0 Å². The maximum absolute atomic E-state index is 13.4. The van der Waals surface area contributed by atoms with Crippen molar-refractivity contribution in [1.29, 1.82) is 5.26 Å². The van der Waals surface area contributed by atoms with E-state index in [2.05, 4.69) is 15.9 Å². The summed E-state index contributed by atoms with van der Waals surface area (Å²) < 4.78 is 19.8. The van der Waals surface area contributed by atoms with Crippen LogP contribution in [-0.4, -0.2) is 5.11 Å². The minimum Gasteiger partial charge on any atom is -0.455 e. The molecule has 0 heterocycles. The van der Waals surface area contributed by atoms with Crippen LogP contribution in [0.5, 0.6) is 11.5 Å². The molecule has 0 spiro atoms. The molecule has 0 aliphatic carbocycles. The van der Waals surface area contributed by atoms with E-state index in [9.17, 15) is 9.50 Å². The molecule has 5 heteroatoms. The van der Waals surface area contributed by atoms with Crippen LogP contribution in [0, 0.1) is 17.1 Å². The highest BCUT2D eigenvalue weighted by Gasteiger charge is 2.12. The van der Waals surface area contributed by atoms with E-state index in [1.54, 1.807) is 24.3 Å². The average molecular weight is 322 g/mol. The van der Waals surface area contributed by atoms with Crippen LogP contribution in [0.1, 0.15) is 11.1 Å². The Morgan fingerprint density at radius 1 is 1.26 bits per heavy atom. The van der Waals surface area contributed by atoms with E-state index in [1.165, 1.54) is 18.2 Å². The van der Waals surface area contributed by atoms with Gasteiger partial charge in [0.25, 0.3) is 0 Å². The SMILES string of the molecule is N#Cc1c(F)cccc1Oc1ccc(Br)cc1CO. The predicted molar refractivity (Wildman–Crippen MR) is 71.3 cm³/mol. The minimum atomic E-state index is -0.636. The molecule has 19 heavy (non-hydrogen) atoms. The fourth-order valence-corrected chi connectivity index (χ4v) is 2.00. The maximum atomic E-state index is 13.4. The highest BCUT2D eigenvalue weighted by molar-refractivity contribution is 9.10. The summed E-state index contributed by atoms with van der Waals surface area (Å²) in [7, 11) is 0. The van der Waals surface area contributed by atoms with Gasteiger partial charge in [-0.1, -0.05) is 22.0 Å². The molecule has 0 saturated heterocycles. The largest absolute Gasteiger partial charge is 0.455 e. The number of rotatable bonds is 3. The smallest absolute Gasteiger partial charge is 0.148 e. The summed E-state index contributed by atoms with van der Waals surface area (Å²) in [6, 6.07) is 11.0. The summed E-state index contributed by atoms with van der Waals surface area (Å²) >= 11 is 3.28. The Bertz CT molecular complexity index is 652. The zero-order valence-corrected chi connectivity index (χ0v) is 11.3. The van der Waals surface area contributed by atoms with Crippen molar-refractivity contribution in [3.8, 4) is 17.6 Å². The van der Waals surface area contributed by atoms with Crippen LogP contribution < -0.4 is 4.74 Å². The topological polar surface area (TPSA) is 53.2 Å². The van der Waals surface area contributed by atoms with Crippen molar-refractivity contribution in [2.75, 3.05) is 0 Å². The first-order valence-corrected chi connectivity index (χ1v) is 6.20. The molecular weight excluding hydrogens is 313 g/mol. The second-order valence-electron chi connectivity index (χ2n) is 3.74. The van der Waals surface area contributed by atoms with Crippen LogP contribution in [0.25, 0.3) is 0 Å². The molecule has 0 atom stereocenters. The molecule has 0 amide bonds. The van der Waals surface area contributed by atoms with Crippen LogP contribution in [0.4, 0.5) is 4.39 Å². The second kappa shape index (κ2) is 5.83. The van der Waals surface area contributed by atoms with Crippen molar-refractivity contribution in [3.63, 3.8) is 0 Å². The monoisotopic (exact) mass is 321 g/mol. The van der Waals surface area contributed by atoms with Gasteiger partial charge in [-0.3, -0.25) is 0 Å². The van der Waals surface area contributed by atoms with Crippen molar-refractivity contribution < 1.29 is 14.2 Å². The quantitative estimate of drug-likeness (QED) is 0.936. The molecule has 1 N–H and O–H groups in total. The standard InChI is InChI=1S/C14H9BrFNO2/c15-10-4-5-13(9(6-10)8-18)19-14-3-1-2-12(16)11(14)7-17/h1-6,18H,8H2. The zero-order chi connectivity index (χ0) is 13.8. The number of ether oxygens (including phenoxy) is 1. The summed E-state index contributed by atoms with van der Waals surface area (Å²) in [5, 5.41) is 18.2. The number of nitriles is 1. The summed E-state index contributed by atoms with van der Waals surface area (Å²) in [5.74, 6) is -0.130. The number of aliphatic hydroxyl groups excluding tert-OH is 1. The molecule has 0 fully saturated rings. The number of hydrogen-bond acceptors (Lipinski definition) is 3. The number of nitrogens with zero attached hydrogens (tertiary/aromatic N) is 1. The van der Waals surface area contributed by atoms with Crippen LogP contribution in [0.15, 0.2) is 40.9 Å². The lowest BCUT2D eigenvalue weighted by Crippen LogP contribution is -1.95. The zero-order valence-electron chi connectivity index (χ0n) is 9.73. The molecule has 0 unspecified atom stereocenters. The Kier molecular flexibility index (Phi) is 4.15. The van der Waals surface area contributed by atoms with Crippen LogP contribution in [-0.2, 0) is 6.61 Å². The van der Waals surface area contributed by atoms with E-state index < -0.39 is 5.82 Å². The van der Waals surface area contributed by atoms with Crippen molar-refractivity contribution in [3.05, 3.63) is 57.8 Å². The molecular formula is C14H9BrFNO2. The fraction of sp³-hybridized carbons (Fsp3) is 0.0714. The third-order valence-electron chi connectivity index (χ3n) is 2.50. The van der Waals surface area contributed by atoms with E-state index in [4.69, 9.17) is 10.00 Å². The van der Waals surface area contributed by atoms with Crippen molar-refractivity contribution >= 4 is 15.9 Å². The molecule has 0 saturated carbocycles. The number of hydrogen-bond donors (Lipinski definition) is 1. The minimum absolute atomic E-state index is 0.125. The highest BCUT2D eigenvalue weighted by Crippen LogP contribution is 2.30. The van der Waals surface area contributed by atoms with Crippen LogP contribution in [0.3, 0.4) is 0 Å². The molecule has 3 nitrogen and oxygen atoms in total. The molecule has 96 valence electrons. The van der Waals surface area contributed by atoms with Crippen molar-refractivity contribution in [1.82, 2.24) is 0 Å². The third-order valence-corrected chi connectivity index (χ3v) is 2.99. The van der Waals surface area contributed by atoms with Gasteiger partial charge in [0, 0.05) is 10.0 Å². The molecule has 0 bridgehead atoms. The van der Waals surface area contributed by atoms with Gasteiger partial charge in [0.05, 0.1) is 6.61 Å². The maximum Gasteiger partial charge on any atom is 0.148 e. The summed E-state index contributed by atoms with van der Waals surface area (Å²) in [5.41, 5.74) is 0.386. The van der Waals surface area contributed by atoms with Crippen LogP contribution >= 0.6 is 15.9 Å². The molecule has 0 aromatic heterocycles. The third kappa shape index (κ3) is 2.92. The van der Waals surface area contributed by atoms with E-state index in [0.29, 0.717) is 11.3 Å². The van der Waals surface area contributed by atoms with Crippen LogP contribution in [0.2, 0.25) is 0 Å². The summed E-state index contributed by atoms with van der Waals surface area (Å²) in [4.78, 5) is 0. The van der Waals surface area contributed by atoms with Gasteiger partial charge in [0.2, 0.25) is 0 Å². The second-order valence-corrected chi connectivity index (χ2v) is 4.65. The van der Waals surface area contributed by atoms with Gasteiger partial charge in [-0.05, 0) is 30.3 Å². The number of halogens is 2. The Labute approximate surface area is 118 Å². The first-order valence-electron chi connectivity index (χ1n) is 5.41. The molecule has 0 aliphatic heterocycles. The van der Waals surface area contributed by atoms with Crippen molar-refractivity contribution in [2.24, 2.45) is 0 Å². The summed E-state index contributed by atoms with van der Waals surface area (Å²) in [6.07, 6.45) is 0. The molecule has 2 rings (SSSR count). The lowest BCUT2D eigenvalue weighted by Gasteiger charge is -2.11. The Morgan fingerprint density at radius 2 is 2.05 bits per heavy atom. The molecule has 0 radical (unpaired) electrons. The fourth-order valence-electron chi connectivity index (χ4n) is 1.59. The number of benzene rings is 2. The molecule has 2 aromatic carbocycles. The molecule has 2 aromatic rings. The van der Waals surface area contributed by atoms with Gasteiger partial charge in [0.15, 0.2) is 0 Å². The van der Waals surface area contributed by atoms with E-state index >= 15 is 0 Å². The highest BCUT2D eigenvalue weighted by atomic mass is 79.9. The number of aliphatic hydroxyl groups is 1. The van der Waals surface area contributed by atoms with E-state index in [0.717, 1.165) is 4.47 Å². The van der Waals surface area contributed by atoms with Crippen molar-refractivity contribution in [2.45, 2.75) is 6.61 Å².